The molecular weight excluding hydrogens is 467 g/mol. The number of nitriles is 1. The predicted molar refractivity (Wildman–Crippen MR) is 117 cm³/mol. The van der Waals surface area contributed by atoms with Gasteiger partial charge < -0.3 is 20.9 Å². The Hall–Kier alpha value is -2.84. The van der Waals surface area contributed by atoms with Crippen molar-refractivity contribution in [2.24, 2.45) is 28.6 Å². The first-order valence-electron chi connectivity index (χ1n) is 14.2. The number of nitrogens with one attached hydrogen (secondary N) is 3. The zero-order valence-electron chi connectivity index (χ0n) is 25.5. The molecule has 2 aliphatic heterocycles. The van der Waals surface area contributed by atoms with E-state index in [9.17, 15) is 37.6 Å². The maximum absolute atomic E-state index is 13.7. The average Bonchev–Trinajstić information content (AvgIpc) is 3.07. The highest BCUT2D eigenvalue weighted by molar-refractivity contribution is 5.95. The van der Waals surface area contributed by atoms with Gasteiger partial charge in [-0.1, -0.05) is 34.5 Å². The van der Waals surface area contributed by atoms with E-state index < -0.39 is 90.9 Å². The minimum absolute atomic E-state index is 0.112. The van der Waals surface area contributed by atoms with Crippen LogP contribution in [0.25, 0.3) is 0 Å². The van der Waals surface area contributed by atoms with Crippen molar-refractivity contribution < 1.29 is 40.6 Å². The van der Waals surface area contributed by atoms with Gasteiger partial charge in [0, 0.05) is 27.2 Å². The number of carbonyl (C=O) groups is 4. The number of amides is 4. The number of carbonyl (C=O) groups excluding carboxylic acids is 4. The predicted octanol–water partition coefficient (Wildman–Crippen LogP) is 1.10. The molecule has 3 rings (SSSR count). The molecule has 0 aromatic carbocycles. The lowest BCUT2D eigenvalue weighted by Crippen LogP contribution is -2.61. The van der Waals surface area contributed by atoms with Crippen molar-refractivity contribution in [3.8, 4) is 6.07 Å². The second kappa shape index (κ2) is 8.99. The first-order chi connectivity index (χ1) is 18.5. The quantitative estimate of drug-likeness (QED) is 0.498. The third kappa shape index (κ3) is 5.23. The fourth-order valence-corrected chi connectivity index (χ4v) is 4.85. The second-order valence-corrected chi connectivity index (χ2v) is 10.4. The summed E-state index contributed by atoms with van der Waals surface area (Å²) in [5, 5.41) is 16.2. The lowest BCUT2D eigenvalue weighted by atomic mass is 9.85. The summed E-state index contributed by atoms with van der Waals surface area (Å²) in [6.07, 6.45) is -5.06. The number of piperidine rings is 1. The molecule has 194 valence electrons. The molecule has 1 saturated carbocycles. The molecule has 2 heterocycles. The Morgan fingerprint density at radius 2 is 1.94 bits per heavy atom. The van der Waals surface area contributed by atoms with Gasteiger partial charge in [-0.3, -0.25) is 19.2 Å². The van der Waals surface area contributed by atoms with Crippen molar-refractivity contribution in [2.45, 2.75) is 71.6 Å². The highest BCUT2D eigenvalue weighted by Crippen LogP contribution is 2.65. The molecule has 2 saturated heterocycles. The van der Waals surface area contributed by atoms with Gasteiger partial charge in [-0.2, -0.15) is 18.4 Å². The van der Waals surface area contributed by atoms with Crippen LogP contribution in [0.5, 0.6) is 0 Å². The van der Waals surface area contributed by atoms with Crippen molar-refractivity contribution in [2.75, 3.05) is 13.1 Å². The van der Waals surface area contributed by atoms with E-state index in [4.69, 9.17) is 8.22 Å². The maximum Gasteiger partial charge on any atom is 0.471 e. The van der Waals surface area contributed by atoms with Gasteiger partial charge >= 0.3 is 12.1 Å². The Kier molecular flexibility index (Phi) is 4.97. The molecule has 4 amide bonds. The largest absolute Gasteiger partial charge is 0.471 e. The van der Waals surface area contributed by atoms with Crippen LogP contribution in [0, 0.1) is 39.9 Å². The van der Waals surface area contributed by atoms with Gasteiger partial charge in [-0.25, -0.2) is 0 Å². The van der Waals surface area contributed by atoms with E-state index in [1.54, 1.807) is 5.32 Å². The number of fused-ring (bicyclic) bond motifs is 1. The summed E-state index contributed by atoms with van der Waals surface area (Å²) in [5.41, 5.74) is -3.71. The van der Waals surface area contributed by atoms with Gasteiger partial charge in [0.15, 0.2) is 0 Å². The van der Waals surface area contributed by atoms with Crippen molar-refractivity contribution in [3.63, 3.8) is 0 Å². The topological polar surface area (TPSA) is 131 Å². The molecule has 3 aliphatic rings. The molecule has 3 fully saturated rings. The summed E-state index contributed by atoms with van der Waals surface area (Å²) in [4.78, 5) is 51.9. The second-order valence-electron chi connectivity index (χ2n) is 10.4. The van der Waals surface area contributed by atoms with E-state index >= 15 is 0 Å². The highest BCUT2D eigenvalue weighted by atomic mass is 19.4. The number of hydrogen-bond acceptors (Lipinski definition) is 5. The summed E-state index contributed by atoms with van der Waals surface area (Å²) in [6.45, 7) is -2.34. The van der Waals surface area contributed by atoms with Gasteiger partial charge in [0.1, 0.15) is 18.1 Å². The number of halogens is 3. The van der Waals surface area contributed by atoms with Crippen LogP contribution in [0.15, 0.2) is 0 Å². The Morgan fingerprint density at radius 1 is 1.29 bits per heavy atom. The van der Waals surface area contributed by atoms with Crippen LogP contribution >= 0.6 is 0 Å². The van der Waals surface area contributed by atoms with Crippen LogP contribution in [-0.4, -0.2) is 65.9 Å². The Bertz CT molecular complexity index is 1130. The number of nitrogens with zero attached hydrogens (tertiary/aromatic N) is 2. The van der Waals surface area contributed by atoms with Crippen molar-refractivity contribution >= 4 is 23.6 Å². The van der Waals surface area contributed by atoms with E-state index in [1.165, 1.54) is 20.8 Å². The van der Waals surface area contributed by atoms with Crippen molar-refractivity contribution in [1.29, 1.82) is 5.26 Å². The monoisotopic (exact) mass is 505 g/mol. The molecule has 35 heavy (non-hydrogen) atoms. The number of alkyl halides is 3. The van der Waals surface area contributed by atoms with Crippen LogP contribution in [0.1, 0.15) is 55.5 Å². The molecule has 0 bridgehead atoms. The van der Waals surface area contributed by atoms with Gasteiger partial charge in [0.05, 0.1) is 6.07 Å². The summed E-state index contributed by atoms with van der Waals surface area (Å²) in [7, 11) is 0. The summed E-state index contributed by atoms with van der Waals surface area (Å²) in [5.74, 6) is -8.27. The molecule has 12 heteroatoms. The molecule has 0 radical (unpaired) electrons. The standard InChI is InChI=1S/C23H32F3N5O4/c1-21(2,3)16(30-20(35)23(24,25)26)19(34)31-10-13-14(22(13,4)5)15(31)18(33)29-12(9-27)8-11-6-7-28-17(11)32/h11-16H,6-8,10H2,1-5H3,(H,28,32)(H,29,33)(H,30,35)/t11-,12-,13-,14-,15-,16+/m0/s1/i4D3,5D3. The Morgan fingerprint density at radius 3 is 2.43 bits per heavy atom. The molecule has 9 nitrogen and oxygen atoms in total. The molecule has 6 atom stereocenters. The van der Waals surface area contributed by atoms with Crippen LogP contribution in [0.4, 0.5) is 13.2 Å². The molecular formula is C23H32F3N5O4. The minimum Gasteiger partial charge on any atom is -0.356 e. The number of rotatable bonds is 6. The number of hydrogen-bond donors (Lipinski definition) is 3. The Labute approximate surface area is 210 Å². The summed E-state index contributed by atoms with van der Waals surface area (Å²) in [6, 6.07) is -3.05. The minimum atomic E-state index is -5.34. The van der Waals surface area contributed by atoms with E-state index in [0.717, 1.165) is 4.90 Å². The lowest BCUT2D eigenvalue weighted by molar-refractivity contribution is -0.176. The first kappa shape index (κ1) is 19.4. The summed E-state index contributed by atoms with van der Waals surface area (Å²) < 4.78 is 87.3. The van der Waals surface area contributed by atoms with Gasteiger partial charge in [0.2, 0.25) is 17.7 Å². The highest BCUT2D eigenvalue weighted by Gasteiger charge is 2.70. The fourth-order valence-electron chi connectivity index (χ4n) is 4.85. The summed E-state index contributed by atoms with van der Waals surface area (Å²) >= 11 is 0. The zero-order valence-corrected chi connectivity index (χ0v) is 19.5. The van der Waals surface area contributed by atoms with Crippen molar-refractivity contribution in [3.05, 3.63) is 0 Å². The Balaban J connectivity index is 2.00. The van der Waals surface area contributed by atoms with E-state index in [0.29, 0.717) is 13.0 Å². The van der Waals surface area contributed by atoms with Crippen LogP contribution in [-0.2, 0) is 19.2 Å². The van der Waals surface area contributed by atoms with Crippen LogP contribution in [0.3, 0.4) is 0 Å². The molecule has 0 aromatic heterocycles. The molecule has 0 unspecified atom stereocenters. The molecule has 1 aliphatic carbocycles. The van der Waals surface area contributed by atoms with Gasteiger partial charge in [-0.05, 0) is 35.5 Å². The fraction of sp³-hybridized carbons (Fsp3) is 0.783. The normalized spacial score (nSPS) is 32.1. The average molecular weight is 506 g/mol. The number of likely N-dealkylation sites (tertiary alicyclic amines) is 1. The van der Waals surface area contributed by atoms with Crippen molar-refractivity contribution in [1.82, 2.24) is 20.9 Å². The molecule has 0 spiro atoms. The zero-order chi connectivity index (χ0) is 31.5. The molecule has 3 N–H and O–H groups in total. The van der Waals surface area contributed by atoms with E-state index in [2.05, 4.69) is 10.6 Å². The third-order valence-corrected chi connectivity index (χ3v) is 6.86. The maximum atomic E-state index is 13.7. The van der Waals surface area contributed by atoms with E-state index in [1.807, 2.05) is 6.07 Å². The smallest absolute Gasteiger partial charge is 0.356 e. The molecule has 0 aromatic rings. The van der Waals surface area contributed by atoms with Crippen LogP contribution < -0.4 is 16.0 Å². The van der Waals surface area contributed by atoms with Gasteiger partial charge in [0.25, 0.3) is 0 Å². The third-order valence-electron chi connectivity index (χ3n) is 6.86. The van der Waals surface area contributed by atoms with E-state index in [-0.39, 0.29) is 12.3 Å². The lowest BCUT2D eigenvalue weighted by Gasteiger charge is -2.37. The SMILES string of the molecule is [2H]C([2H])([2H])C1(C([2H])([2H])[2H])[C@@H]2[C@@H](C(=O)N[C@H](C#N)C[C@@H]3CCNC3=O)N(C(=O)[C@@H](NC(=O)C(F)(F)F)C(C)(C)C)C[C@@H]21. The van der Waals surface area contributed by atoms with Gasteiger partial charge in [-0.15, -0.1) is 0 Å². The van der Waals surface area contributed by atoms with Crippen LogP contribution in [0.2, 0.25) is 0 Å². The first-order valence-corrected chi connectivity index (χ1v) is 11.2.